The SMILES string of the molecule is O=P([O-])([O-])OP(=O)([O-])[O-].[K+].[K+].[K+].[K+].[Na+].[OH-]. The predicted octanol–water partition coefficient (Wildman–Crippen LogP) is -18.5. The molecule has 0 rings (SSSR count). The van der Waals surface area contributed by atoms with Crippen molar-refractivity contribution in [3.63, 3.8) is 0 Å². The van der Waals surface area contributed by atoms with Crippen LogP contribution in [-0.4, -0.2) is 5.48 Å². The molecule has 0 aliphatic carbocycles. The van der Waals surface area contributed by atoms with E-state index in [1.165, 1.54) is 0 Å². The third-order valence-corrected chi connectivity index (χ3v) is 1.80. The van der Waals surface area contributed by atoms with Gasteiger partial charge in [-0.3, -0.25) is 0 Å². The first-order valence-electron chi connectivity index (χ1n) is 1.46. The maximum Gasteiger partial charge on any atom is 1.00 e. The van der Waals surface area contributed by atoms with Crippen molar-refractivity contribution < 1.29 is 274 Å². The maximum absolute atomic E-state index is 9.32. The van der Waals surface area contributed by atoms with Gasteiger partial charge in [-0.05, 0) is 0 Å². The molecule has 0 spiro atoms. The van der Waals surface area contributed by atoms with Gasteiger partial charge in [-0.15, -0.1) is 0 Å². The Kier molecular flexibility index (Phi) is 63.0. The Morgan fingerprint density at radius 2 is 0.867 bits per heavy atom. The number of hydrogen-bond acceptors (Lipinski definition) is 8. The van der Waals surface area contributed by atoms with Crippen LogP contribution in [-0.2, 0) is 13.4 Å². The first kappa shape index (κ1) is 43.4. The molecule has 0 fully saturated rings. The quantitative estimate of drug-likeness (QED) is 0.341. The van der Waals surface area contributed by atoms with Gasteiger partial charge in [0, 0.05) is 0 Å². The fourth-order valence-corrected chi connectivity index (χ4v) is 1.10. The monoisotopic (exact) mass is 370 g/mol. The first-order valence-corrected chi connectivity index (χ1v) is 4.38. The Labute approximate surface area is 279 Å². The molecule has 0 amide bonds. The molecule has 64 valence electrons. The van der Waals surface area contributed by atoms with Crippen LogP contribution in [0.4, 0.5) is 0 Å². The van der Waals surface area contributed by atoms with Gasteiger partial charge in [0.15, 0.2) is 0 Å². The van der Waals surface area contributed by atoms with Gasteiger partial charge in [0.2, 0.25) is 0 Å². The largest absolute Gasteiger partial charge is 1.00 e. The molecular formula is HK4NaO8P2. The topological polar surface area (TPSA) is 166 Å². The Morgan fingerprint density at radius 3 is 0.867 bits per heavy atom. The number of phosphoric acid groups is 2. The van der Waals surface area contributed by atoms with Crippen LogP contribution in [0.1, 0.15) is 0 Å². The summed E-state index contributed by atoms with van der Waals surface area (Å²) in [6.45, 7) is 0. The molecule has 0 radical (unpaired) electrons. The molecule has 0 aromatic rings. The van der Waals surface area contributed by atoms with Gasteiger partial charge in [-0.1, -0.05) is 0 Å². The van der Waals surface area contributed by atoms with Crippen molar-refractivity contribution in [2.45, 2.75) is 0 Å². The van der Waals surface area contributed by atoms with E-state index < -0.39 is 15.6 Å². The zero-order chi connectivity index (χ0) is 7.71. The Balaban J connectivity index is -0.0000000213. The van der Waals surface area contributed by atoms with Gasteiger partial charge >= 0.3 is 235 Å². The first-order chi connectivity index (χ1) is 3.71. The van der Waals surface area contributed by atoms with E-state index in [-0.39, 0.29) is 241 Å². The van der Waals surface area contributed by atoms with Gasteiger partial charge in [-0.25, -0.2) is 0 Å². The molecule has 0 aliphatic heterocycles. The van der Waals surface area contributed by atoms with Crippen LogP contribution in [0.25, 0.3) is 0 Å². The van der Waals surface area contributed by atoms with E-state index in [0.717, 1.165) is 0 Å². The molecule has 0 saturated carbocycles. The van der Waals surface area contributed by atoms with Crippen molar-refractivity contribution in [3.8, 4) is 0 Å². The minimum absolute atomic E-state index is 0. The molecule has 1 N–H and O–H groups in total. The standard InChI is InChI=1S/4K.Na.H4O7P2.H2O/c;;;;;1-8(2,3)7-9(4,5)6;/h;;;;;(H2,1,2,3)(H2,4,5,6);1H2/q5*+1;;/p-5. The Hall–Kier alpha value is 7.77. The van der Waals surface area contributed by atoms with Crippen molar-refractivity contribution in [3.05, 3.63) is 0 Å². The smallest absolute Gasteiger partial charge is 0.870 e. The summed E-state index contributed by atoms with van der Waals surface area (Å²) in [6.07, 6.45) is 0. The van der Waals surface area contributed by atoms with E-state index in [1.54, 1.807) is 0 Å². The zero-order valence-electron chi connectivity index (χ0n) is 9.20. The Bertz CT molecular complexity index is 165. The fourth-order valence-electron chi connectivity index (χ4n) is 0.122. The summed E-state index contributed by atoms with van der Waals surface area (Å²) in [7, 11) is -11.4. The summed E-state index contributed by atoms with van der Waals surface area (Å²) in [6, 6.07) is 0. The third-order valence-electron chi connectivity index (χ3n) is 0.200. The molecule has 8 nitrogen and oxygen atoms in total. The average Bonchev–Trinajstić information content (AvgIpc) is 1.14. The van der Waals surface area contributed by atoms with E-state index in [0.29, 0.717) is 0 Å². The van der Waals surface area contributed by atoms with E-state index in [4.69, 9.17) is 0 Å². The number of rotatable bonds is 2. The van der Waals surface area contributed by atoms with Crippen molar-refractivity contribution in [2.75, 3.05) is 0 Å². The molecule has 0 aromatic heterocycles. The molecule has 15 heavy (non-hydrogen) atoms. The van der Waals surface area contributed by atoms with Crippen LogP contribution in [0, 0.1) is 0 Å². The summed E-state index contributed by atoms with van der Waals surface area (Å²) in [5.41, 5.74) is 0. The van der Waals surface area contributed by atoms with Crippen LogP contribution < -0.4 is 255 Å². The van der Waals surface area contributed by atoms with Crippen molar-refractivity contribution in [1.29, 1.82) is 0 Å². The van der Waals surface area contributed by atoms with E-state index >= 15 is 0 Å². The summed E-state index contributed by atoms with van der Waals surface area (Å²) in [4.78, 5) is 37.3. The minimum atomic E-state index is -5.68. The molecule has 0 bridgehead atoms. The van der Waals surface area contributed by atoms with E-state index in [9.17, 15) is 28.7 Å². The number of hydrogen-bond donors (Lipinski definition) is 0. The van der Waals surface area contributed by atoms with Gasteiger partial charge in [0.1, 0.15) is 0 Å². The van der Waals surface area contributed by atoms with Gasteiger partial charge in [-0.2, -0.15) is 0 Å². The second-order valence-electron chi connectivity index (χ2n) is 0.976. The second-order valence-corrected chi connectivity index (χ2v) is 3.42. The van der Waals surface area contributed by atoms with Crippen LogP contribution in [0.15, 0.2) is 0 Å². The average molecular weight is 370 g/mol. The van der Waals surface area contributed by atoms with Gasteiger partial charge < -0.3 is 38.5 Å². The van der Waals surface area contributed by atoms with Crippen molar-refractivity contribution >= 4 is 15.6 Å². The summed E-state index contributed by atoms with van der Waals surface area (Å²) >= 11 is 0. The normalized spacial score (nSPS) is 8.27. The summed E-state index contributed by atoms with van der Waals surface area (Å²) in [5.74, 6) is 0. The molecule has 0 unspecified atom stereocenters. The van der Waals surface area contributed by atoms with Crippen LogP contribution in [0.3, 0.4) is 0 Å². The molecule has 0 saturated heterocycles. The maximum atomic E-state index is 9.32. The summed E-state index contributed by atoms with van der Waals surface area (Å²) in [5, 5.41) is 0. The Morgan fingerprint density at radius 1 is 0.733 bits per heavy atom. The van der Waals surface area contributed by atoms with Crippen LogP contribution >= 0.6 is 15.6 Å². The minimum Gasteiger partial charge on any atom is -0.870 e. The van der Waals surface area contributed by atoms with Crippen molar-refractivity contribution in [2.24, 2.45) is 0 Å². The molecule has 15 heteroatoms. The predicted molar refractivity (Wildman–Crippen MR) is 18.2 cm³/mol. The molecule has 0 aliphatic rings. The molecule has 0 atom stereocenters. The van der Waals surface area contributed by atoms with E-state index in [1.807, 2.05) is 0 Å². The van der Waals surface area contributed by atoms with Gasteiger partial charge in [0.25, 0.3) is 0 Å². The summed E-state index contributed by atoms with van der Waals surface area (Å²) < 4.78 is 21.2. The fraction of sp³-hybridized carbons (Fsp3) is 0. The third kappa shape index (κ3) is 44.9. The molecule has 0 aromatic carbocycles. The van der Waals surface area contributed by atoms with E-state index in [2.05, 4.69) is 4.31 Å². The zero-order valence-corrected chi connectivity index (χ0v) is 25.5. The van der Waals surface area contributed by atoms with Crippen LogP contribution in [0.2, 0.25) is 0 Å². The second kappa shape index (κ2) is 21.8. The van der Waals surface area contributed by atoms with Gasteiger partial charge in [0.05, 0.1) is 15.6 Å². The van der Waals surface area contributed by atoms with Crippen LogP contribution in [0.5, 0.6) is 0 Å². The van der Waals surface area contributed by atoms with Crippen molar-refractivity contribution in [1.82, 2.24) is 0 Å². The molecule has 0 heterocycles. The molecular weight excluding hydrogens is 369 g/mol.